The zero-order valence-electron chi connectivity index (χ0n) is 16.3. The molecule has 0 spiro atoms. The van der Waals surface area contributed by atoms with Gasteiger partial charge in [-0.15, -0.1) is 0 Å². The predicted octanol–water partition coefficient (Wildman–Crippen LogP) is 2.85. The lowest BCUT2D eigenvalue weighted by Crippen LogP contribution is -2.55. The summed E-state index contributed by atoms with van der Waals surface area (Å²) < 4.78 is 43.5. The number of alkyl halides is 3. The van der Waals surface area contributed by atoms with Gasteiger partial charge in [0, 0.05) is 37.3 Å². The second-order valence-corrected chi connectivity index (χ2v) is 7.08. The van der Waals surface area contributed by atoms with Crippen molar-refractivity contribution < 1.29 is 27.8 Å². The van der Waals surface area contributed by atoms with Crippen molar-refractivity contribution in [3.8, 4) is 11.6 Å². The molecular formula is C21H19F3N4O3. The minimum atomic E-state index is -4.46. The Morgan fingerprint density at radius 3 is 2.77 bits per heavy atom. The van der Waals surface area contributed by atoms with E-state index in [1.54, 1.807) is 35.2 Å². The maximum Gasteiger partial charge on any atom is 0.417 e. The molecular weight excluding hydrogens is 413 g/mol. The molecule has 1 fully saturated rings. The molecule has 0 bridgehead atoms. The molecule has 2 N–H and O–H groups in total. The minimum absolute atomic E-state index is 0.0286. The molecule has 1 aliphatic heterocycles. The van der Waals surface area contributed by atoms with Crippen LogP contribution in [0, 0.1) is 0 Å². The van der Waals surface area contributed by atoms with Crippen LogP contribution >= 0.6 is 0 Å². The summed E-state index contributed by atoms with van der Waals surface area (Å²) in [5, 5.41) is 13.3. The molecule has 0 unspecified atom stereocenters. The normalized spacial score (nSPS) is 17.0. The zero-order valence-corrected chi connectivity index (χ0v) is 16.3. The summed E-state index contributed by atoms with van der Waals surface area (Å²) in [6.07, 6.45) is -3.75. The topological polar surface area (TPSA) is 87.6 Å². The lowest BCUT2D eigenvalue weighted by molar-refractivity contribution is -0.137. The number of pyridine rings is 2. The van der Waals surface area contributed by atoms with E-state index in [0.717, 1.165) is 12.1 Å². The van der Waals surface area contributed by atoms with Crippen LogP contribution in [0.15, 0.2) is 48.7 Å². The lowest BCUT2D eigenvalue weighted by Gasteiger charge is -2.34. The Morgan fingerprint density at radius 1 is 1.23 bits per heavy atom. The standard InChI is InChI=1S/C21H19F3N4O3/c22-21(23,24)14-2-6-19(26-10-14)31-16-3-5-17-13(9-16)1-4-18(27-17)20(30)28-8-7-25-11-15(28)12-29/h1-6,9-10,15,25,29H,7-8,11-12H2/t15-/m1/s1. The molecule has 0 saturated carbocycles. The number of rotatable bonds is 4. The maximum atomic E-state index is 12.8. The Balaban J connectivity index is 1.52. The highest BCUT2D eigenvalue weighted by Gasteiger charge is 2.31. The van der Waals surface area contributed by atoms with E-state index in [2.05, 4.69) is 15.3 Å². The number of aliphatic hydroxyl groups excluding tert-OH is 1. The fourth-order valence-corrected chi connectivity index (χ4v) is 3.35. The Bertz CT molecular complexity index is 1090. The summed E-state index contributed by atoms with van der Waals surface area (Å²) in [5.41, 5.74) is -0.0205. The summed E-state index contributed by atoms with van der Waals surface area (Å²) in [6, 6.07) is 10.00. The van der Waals surface area contributed by atoms with Gasteiger partial charge >= 0.3 is 6.18 Å². The van der Waals surface area contributed by atoms with Crippen molar-refractivity contribution in [2.75, 3.05) is 26.2 Å². The molecule has 0 aliphatic carbocycles. The number of halogens is 3. The van der Waals surface area contributed by atoms with Gasteiger partial charge in [-0.3, -0.25) is 4.79 Å². The molecule has 31 heavy (non-hydrogen) atoms. The number of aromatic nitrogens is 2. The third-order valence-electron chi connectivity index (χ3n) is 4.99. The molecule has 1 aliphatic rings. The molecule has 1 atom stereocenters. The van der Waals surface area contributed by atoms with E-state index >= 15 is 0 Å². The summed E-state index contributed by atoms with van der Waals surface area (Å²) in [4.78, 5) is 22.5. The predicted molar refractivity (Wildman–Crippen MR) is 106 cm³/mol. The fraction of sp³-hybridized carbons (Fsp3) is 0.286. The van der Waals surface area contributed by atoms with Crippen molar-refractivity contribution >= 4 is 16.8 Å². The van der Waals surface area contributed by atoms with Gasteiger partial charge in [0.1, 0.15) is 11.4 Å². The van der Waals surface area contributed by atoms with E-state index in [4.69, 9.17) is 4.74 Å². The Kier molecular flexibility index (Phi) is 5.75. The molecule has 1 aromatic carbocycles. The van der Waals surface area contributed by atoms with Gasteiger partial charge in [-0.1, -0.05) is 6.07 Å². The molecule has 3 aromatic rings. The van der Waals surface area contributed by atoms with Gasteiger partial charge < -0.3 is 20.1 Å². The lowest BCUT2D eigenvalue weighted by atomic mass is 10.1. The summed E-state index contributed by atoms with van der Waals surface area (Å²) >= 11 is 0. The van der Waals surface area contributed by atoms with Gasteiger partial charge in [0.2, 0.25) is 5.88 Å². The number of nitrogens with one attached hydrogen (secondary N) is 1. The number of ether oxygens (including phenoxy) is 1. The highest BCUT2D eigenvalue weighted by atomic mass is 19.4. The molecule has 4 rings (SSSR count). The number of hydrogen-bond donors (Lipinski definition) is 2. The SMILES string of the molecule is O=C(c1ccc2cc(Oc3ccc(C(F)(F)F)cn3)ccc2n1)N1CCNC[C@@H]1CO. The van der Waals surface area contributed by atoms with E-state index in [-0.39, 0.29) is 30.1 Å². The largest absolute Gasteiger partial charge is 0.439 e. The second kappa shape index (κ2) is 8.48. The third-order valence-corrected chi connectivity index (χ3v) is 4.99. The molecule has 1 amide bonds. The highest BCUT2D eigenvalue weighted by Crippen LogP contribution is 2.30. The van der Waals surface area contributed by atoms with Crippen LogP contribution < -0.4 is 10.1 Å². The van der Waals surface area contributed by atoms with E-state index in [0.29, 0.717) is 42.5 Å². The monoisotopic (exact) mass is 432 g/mol. The Morgan fingerprint density at radius 2 is 2.06 bits per heavy atom. The fourth-order valence-electron chi connectivity index (χ4n) is 3.35. The zero-order chi connectivity index (χ0) is 22.0. The van der Waals surface area contributed by atoms with Crippen LogP contribution in [0.1, 0.15) is 16.1 Å². The van der Waals surface area contributed by atoms with Gasteiger partial charge in [-0.2, -0.15) is 13.2 Å². The smallest absolute Gasteiger partial charge is 0.417 e. The number of nitrogens with zero attached hydrogens (tertiary/aromatic N) is 3. The molecule has 0 radical (unpaired) electrons. The quantitative estimate of drug-likeness (QED) is 0.659. The Hall–Kier alpha value is -3.24. The number of piperazine rings is 1. The van der Waals surface area contributed by atoms with Crippen LogP contribution in [0.25, 0.3) is 10.9 Å². The molecule has 1 saturated heterocycles. The first-order valence-electron chi connectivity index (χ1n) is 9.59. The van der Waals surface area contributed by atoms with Crippen molar-refractivity contribution in [3.63, 3.8) is 0 Å². The van der Waals surface area contributed by atoms with Gasteiger partial charge in [-0.25, -0.2) is 9.97 Å². The van der Waals surface area contributed by atoms with Crippen molar-refractivity contribution in [1.82, 2.24) is 20.2 Å². The van der Waals surface area contributed by atoms with Gasteiger partial charge in [-0.05, 0) is 30.3 Å². The van der Waals surface area contributed by atoms with Crippen molar-refractivity contribution in [1.29, 1.82) is 0 Å². The van der Waals surface area contributed by atoms with Crippen molar-refractivity contribution in [3.05, 3.63) is 59.9 Å². The van der Waals surface area contributed by atoms with Crippen LogP contribution in [-0.2, 0) is 6.18 Å². The van der Waals surface area contributed by atoms with Crippen molar-refractivity contribution in [2.24, 2.45) is 0 Å². The third kappa shape index (κ3) is 4.59. The van der Waals surface area contributed by atoms with Crippen molar-refractivity contribution in [2.45, 2.75) is 12.2 Å². The summed E-state index contributed by atoms with van der Waals surface area (Å²) in [7, 11) is 0. The number of carbonyl (C=O) groups excluding carboxylic acids is 1. The molecule has 10 heteroatoms. The summed E-state index contributed by atoms with van der Waals surface area (Å²) in [5.74, 6) is 0.153. The highest BCUT2D eigenvalue weighted by molar-refractivity contribution is 5.95. The summed E-state index contributed by atoms with van der Waals surface area (Å²) in [6.45, 7) is 1.52. The Labute approximate surface area is 175 Å². The number of benzene rings is 1. The first-order chi connectivity index (χ1) is 14.8. The van der Waals surface area contributed by atoms with Crippen LogP contribution in [0.2, 0.25) is 0 Å². The van der Waals surface area contributed by atoms with Crippen LogP contribution in [0.5, 0.6) is 11.6 Å². The maximum absolute atomic E-state index is 12.8. The van der Waals surface area contributed by atoms with Gasteiger partial charge in [0.25, 0.3) is 5.91 Å². The average Bonchev–Trinajstić information content (AvgIpc) is 2.78. The van der Waals surface area contributed by atoms with E-state index in [9.17, 15) is 23.1 Å². The number of hydrogen-bond acceptors (Lipinski definition) is 6. The molecule has 3 heterocycles. The van der Waals surface area contributed by atoms with E-state index in [1.165, 1.54) is 0 Å². The first-order valence-corrected chi connectivity index (χ1v) is 9.59. The van der Waals surface area contributed by atoms with Crippen LogP contribution in [0.4, 0.5) is 13.2 Å². The number of fused-ring (bicyclic) bond motifs is 1. The minimum Gasteiger partial charge on any atom is -0.439 e. The molecule has 7 nitrogen and oxygen atoms in total. The van der Waals surface area contributed by atoms with Gasteiger partial charge in [0.15, 0.2) is 0 Å². The number of amides is 1. The number of aliphatic hydroxyl groups is 1. The van der Waals surface area contributed by atoms with E-state index < -0.39 is 11.7 Å². The van der Waals surface area contributed by atoms with Gasteiger partial charge in [0.05, 0.1) is 23.7 Å². The molecule has 162 valence electrons. The van der Waals surface area contributed by atoms with E-state index in [1.807, 2.05) is 0 Å². The first kappa shape index (κ1) is 21.0. The molecule has 2 aromatic heterocycles. The second-order valence-electron chi connectivity index (χ2n) is 7.08. The van der Waals surface area contributed by atoms with Crippen LogP contribution in [-0.4, -0.2) is 58.2 Å². The average molecular weight is 432 g/mol. The number of carbonyl (C=O) groups is 1. The van der Waals surface area contributed by atoms with Crippen LogP contribution in [0.3, 0.4) is 0 Å².